The minimum Gasteiger partial charge on any atom is -0.392 e. The molecule has 4 heteroatoms. The molecule has 0 aromatic carbocycles. The maximum atomic E-state index is 10.4. The molecule has 0 unspecified atom stereocenters. The van der Waals surface area contributed by atoms with Gasteiger partial charge in [-0.1, -0.05) is 56.1 Å². The average Bonchev–Trinajstić information content (AvgIpc) is 3.05. The van der Waals surface area contributed by atoms with Gasteiger partial charge >= 0.3 is 0 Å². The fourth-order valence-electron chi connectivity index (χ4n) is 7.05. The van der Waals surface area contributed by atoms with Gasteiger partial charge < -0.3 is 20.4 Å². The highest BCUT2D eigenvalue weighted by molar-refractivity contribution is 5.30. The van der Waals surface area contributed by atoms with Crippen molar-refractivity contribution in [1.29, 1.82) is 0 Å². The van der Waals surface area contributed by atoms with Gasteiger partial charge in [-0.05, 0) is 94.0 Å². The molecule has 4 N–H and O–H groups in total. The van der Waals surface area contributed by atoms with Gasteiger partial charge in [0.25, 0.3) is 0 Å². The van der Waals surface area contributed by atoms with Gasteiger partial charge in [0.2, 0.25) is 0 Å². The fourth-order valence-corrected chi connectivity index (χ4v) is 7.05. The Hall–Kier alpha value is -0.940. The summed E-state index contributed by atoms with van der Waals surface area (Å²) < 4.78 is 0. The van der Waals surface area contributed by atoms with E-state index in [1.165, 1.54) is 32.1 Å². The number of hydrogen-bond acceptors (Lipinski definition) is 4. The minimum atomic E-state index is -0.701. The molecular weight excluding hydrogens is 400 g/mol. The molecule has 0 aromatic rings. The van der Waals surface area contributed by atoms with Crippen molar-refractivity contribution in [2.75, 3.05) is 6.61 Å². The zero-order chi connectivity index (χ0) is 23.5. The maximum absolute atomic E-state index is 10.4. The van der Waals surface area contributed by atoms with E-state index >= 15 is 0 Å². The Morgan fingerprint density at radius 3 is 2.44 bits per heavy atom. The Labute approximate surface area is 195 Å². The molecule has 0 amide bonds. The largest absolute Gasteiger partial charge is 0.392 e. The summed E-state index contributed by atoms with van der Waals surface area (Å²) in [5, 5.41) is 39.9. The molecule has 0 bridgehead atoms. The third kappa shape index (κ3) is 5.94. The van der Waals surface area contributed by atoms with E-state index in [9.17, 15) is 15.3 Å². The number of rotatable bonds is 7. The van der Waals surface area contributed by atoms with Crippen LogP contribution in [0.1, 0.15) is 91.9 Å². The van der Waals surface area contributed by atoms with Crippen LogP contribution in [-0.2, 0) is 0 Å². The standard InChI is InChI=1S/C28H46O4/c1-19(7-5-14-27(2,3)32)23-11-12-24-21(8-6-15-28(23,24)4)10-9-20-17-25(30)22(13-16-29)26(31)18-20/h9-10,13,19,23-26,29-32H,5-8,11-12,14-18H2,1-4H3/b20-9?,21-10-,22-13?/t19-,23+,24-,25+,26+,28+/m0/s1. The van der Waals surface area contributed by atoms with Crippen molar-refractivity contribution in [2.45, 2.75) is 110 Å². The molecule has 182 valence electrons. The van der Waals surface area contributed by atoms with Crippen molar-refractivity contribution in [3.05, 3.63) is 34.9 Å². The Morgan fingerprint density at radius 2 is 1.81 bits per heavy atom. The average molecular weight is 447 g/mol. The van der Waals surface area contributed by atoms with Gasteiger partial charge in [0.1, 0.15) is 0 Å². The molecule has 32 heavy (non-hydrogen) atoms. The van der Waals surface area contributed by atoms with Crippen molar-refractivity contribution in [1.82, 2.24) is 0 Å². The number of allylic oxidation sites excluding steroid dienone is 3. The first kappa shape index (κ1) is 25.7. The van der Waals surface area contributed by atoms with Gasteiger partial charge in [-0.25, -0.2) is 0 Å². The van der Waals surface area contributed by atoms with Crippen molar-refractivity contribution in [3.8, 4) is 0 Å². The van der Waals surface area contributed by atoms with E-state index < -0.39 is 17.8 Å². The van der Waals surface area contributed by atoms with E-state index in [1.807, 2.05) is 13.8 Å². The zero-order valence-electron chi connectivity index (χ0n) is 20.7. The molecule has 6 atom stereocenters. The lowest BCUT2D eigenvalue weighted by atomic mass is 9.60. The first-order valence-corrected chi connectivity index (χ1v) is 12.8. The Kier molecular flexibility index (Phi) is 8.46. The molecule has 0 radical (unpaired) electrons. The molecular formula is C28H46O4. The Morgan fingerprint density at radius 1 is 1.12 bits per heavy atom. The van der Waals surface area contributed by atoms with E-state index in [0.717, 1.165) is 30.8 Å². The van der Waals surface area contributed by atoms with Crippen LogP contribution in [0.25, 0.3) is 0 Å². The molecule has 4 nitrogen and oxygen atoms in total. The monoisotopic (exact) mass is 446 g/mol. The summed E-state index contributed by atoms with van der Waals surface area (Å²) in [7, 11) is 0. The van der Waals surface area contributed by atoms with Crippen molar-refractivity contribution in [2.24, 2.45) is 23.2 Å². The second kappa shape index (κ2) is 10.5. The normalized spacial score (nSPS) is 35.7. The molecule has 3 fully saturated rings. The van der Waals surface area contributed by atoms with Gasteiger partial charge in [-0.3, -0.25) is 0 Å². The summed E-state index contributed by atoms with van der Waals surface area (Å²) in [6.45, 7) is 8.60. The fraction of sp³-hybridized carbons (Fsp3) is 0.786. The predicted octanol–water partition coefficient (Wildman–Crippen LogP) is 5.07. The van der Waals surface area contributed by atoms with Crippen LogP contribution in [-0.4, -0.2) is 44.8 Å². The summed E-state index contributed by atoms with van der Waals surface area (Å²) >= 11 is 0. The molecule has 0 saturated heterocycles. The van der Waals surface area contributed by atoms with E-state index in [0.29, 0.717) is 35.7 Å². The molecule has 0 heterocycles. The second-order valence-electron chi connectivity index (χ2n) is 11.7. The minimum absolute atomic E-state index is 0.149. The summed E-state index contributed by atoms with van der Waals surface area (Å²) in [4.78, 5) is 0. The Balaban J connectivity index is 1.67. The van der Waals surface area contributed by atoms with E-state index in [1.54, 1.807) is 11.6 Å². The van der Waals surface area contributed by atoms with Crippen LogP contribution in [0.3, 0.4) is 0 Å². The molecule has 3 aliphatic carbocycles. The summed E-state index contributed by atoms with van der Waals surface area (Å²) in [5.74, 6) is 2.07. The van der Waals surface area contributed by atoms with Crippen LogP contribution >= 0.6 is 0 Å². The molecule has 3 saturated carbocycles. The number of aliphatic hydroxyl groups excluding tert-OH is 3. The molecule has 0 spiro atoms. The van der Waals surface area contributed by atoms with Crippen molar-refractivity contribution < 1.29 is 20.4 Å². The zero-order valence-corrected chi connectivity index (χ0v) is 20.7. The summed E-state index contributed by atoms with van der Waals surface area (Å²) in [6, 6.07) is 0. The lowest BCUT2D eigenvalue weighted by Crippen LogP contribution is -2.36. The SMILES string of the molecule is C[C@@H](CCCC(C)(C)O)[C@H]1CC[C@H]2/C(=C\C=C3C[C@@H](O)C(=CCO)[C@H](O)C3)CCC[C@]12C. The third-order valence-corrected chi connectivity index (χ3v) is 8.71. The molecule has 0 aliphatic heterocycles. The maximum Gasteiger partial charge on any atom is 0.0813 e. The van der Waals surface area contributed by atoms with Crippen LogP contribution in [0, 0.1) is 23.2 Å². The van der Waals surface area contributed by atoms with Crippen LogP contribution in [0.2, 0.25) is 0 Å². The van der Waals surface area contributed by atoms with Crippen molar-refractivity contribution >= 4 is 0 Å². The number of aliphatic hydroxyl groups is 4. The molecule has 3 rings (SSSR count). The van der Waals surface area contributed by atoms with Gasteiger partial charge in [0, 0.05) is 0 Å². The Bertz CT molecular complexity index is 712. The number of fused-ring (bicyclic) bond motifs is 1. The van der Waals surface area contributed by atoms with Gasteiger partial charge in [-0.2, -0.15) is 0 Å². The van der Waals surface area contributed by atoms with Gasteiger partial charge in [-0.15, -0.1) is 0 Å². The highest BCUT2D eigenvalue weighted by Gasteiger charge is 2.50. The summed E-state index contributed by atoms with van der Waals surface area (Å²) in [6.07, 6.45) is 15.1. The van der Waals surface area contributed by atoms with Crippen LogP contribution in [0.5, 0.6) is 0 Å². The van der Waals surface area contributed by atoms with Crippen LogP contribution in [0.4, 0.5) is 0 Å². The molecule has 0 aromatic heterocycles. The highest BCUT2D eigenvalue weighted by atomic mass is 16.3. The smallest absolute Gasteiger partial charge is 0.0813 e. The van der Waals surface area contributed by atoms with Crippen LogP contribution < -0.4 is 0 Å². The molecule has 3 aliphatic rings. The van der Waals surface area contributed by atoms with Gasteiger partial charge in [0.15, 0.2) is 0 Å². The first-order valence-electron chi connectivity index (χ1n) is 12.8. The lowest BCUT2D eigenvalue weighted by Gasteiger charge is -2.44. The van der Waals surface area contributed by atoms with E-state index in [4.69, 9.17) is 5.11 Å². The quantitative estimate of drug-likeness (QED) is 0.412. The van der Waals surface area contributed by atoms with E-state index in [2.05, 4.69) is 26.0 Å². The topological polar surface area (TPSA) is 80.9 Å². The van der Waals surface area contributed by atoms with E-state index in [-0.39, 0.29) is 6.61 Å². The third-order valence-electron chi connectivity index (χ3n) is 8.71. The first-order chi connectivity index (χ1) is 15.0. The van der Waals surface area contributed by atoms with Crippen LogP contribution in [0.15, 0.2) is 34.9 Å². The lowest BCUT2D eigenvalue weighted by molar-refractivity contribution is 0.0596. The van der Waals surface area contributed by atoms with Gasteiger partial charge in [0.05, 0.1) is 24.4 Å². The highest BCUT2D eigenvalue weighted by Crippen LogP contribution is 2.60. The second-order valence-corrected chi connectivity index (χ2v) is 11.7. The summed E-state index contributed by atoms with van der Waals surface area (Å²) in [5.41, 5.74) is 3.00. The van der Waals surface area contributed by atoms with Crippen molar-refractivity contribution in [3.63, 3.8) is 0 Å². The number of hydrogen-bond donors (Lipinski definition) is 4. The predicted molar refractivity (Wildman–Crippen MR) is 130 cm³/mol.